The van der Waals surface area contributed by atoms with Crippen molar-refractivity contribution in [2.24, 2.45) is 0 Å². The molecule has 0 fully saturated rings. The Hall–Kier alpha value is -1.97. The van der Waals surface area contributed by atoms with Crippen molar-refractivity contribution in [2.75, 3.05) is 0 Å². The summed E-state index contributed by atoms with van der Waals surface area (Å²) in [5, 5.41) is 4.43. The Morgan fingerprint density at radius 3 is 2.37 bits per heavy atom. The molecule has 2 aromatic rings. The molecule has 0 aliphatic rings. The fraction of sp³-hybridized carbons (Fsp3) is 0.400. The van der Waals surface area contributed by atoms with Crippen molar-refractivity contribution < 1.29 is 13.9 Å². The number of carbonyl (C=O) groups is 1. The molecule has 19 heavy (non-hydrogen) atoms. The van der Waals surface area contributed by atoms with Crippen LogP contribution in [0.5, 0.6) is 5.95 Å². The maximum Gasteiger partial charge on any atom is 0.293 e. The highest BCUT2D eigenvalue weighted by molar-refractivity contribution is 6.06. The number of ether oxygens (including phenoxy) is 1. The van der Waals surface area contributed by atoms with Gasteiger partial charge in [0.2, 0.25) is 5.76 Å². The van der Waals surface area contributed by atoms with Crippen LogP contribution in [0.1, 0.15) is 38.2 Å². The summed E-state index contributed by atoms with van der Waals surface area (Å²) in [6.07, 6.45) is -0.00411. The predicted octanol–water partition coefficient (Wildman–Crippen LogP) is 3.36. The van der Waals surface area contributed by atoms with Gasteiger partial charge in [-0.2, -0.15) is 0 Å². The molecule has 1 N–H and O–H groups in total. The van der Waals surface area contributed by atoms with Crippen LogP contribution in [0.3, 0.4) is 0 Å². The molecule has 1 aromatic heterocycles. The van der Waals surface area contributed by atoms with Crippen LogP contribution >= 0.6 is 0 Å². The molecule has 102 valence electrons. The second-order valence-corrected chi connectivity index (χ2v) is 5.06. The lowest BCUT2D eigenvalue weighted by Gasteiger charge is -2.07. The molecule has 1 heterocycles. The zero-order chi connectivity index (χ0) is 14.0. The van der Waals surface area contributed by atoms with Gasteiger partial charge in [-0.05, 0) is 33.8 Å². The van der Waals surface area contributed by atoms with Crippen LogP contribution in [0, 0.1) is 0 Å². The molecular formula is C15H19NO3. The molecule has 0 radical (unpaired) electrons. The summed E-state index contributed by atoms with van der Waals surface area (Å²) in [4.78, 5) is 12.1. The second-order valence-electron chi connectivity index (χ2n) is 5.06. The minimum Gasteiger partial charge on any atom is -0.462 e. The molecule has 0 atom stereocenters. The standard InChI is InChI=1S/C15H19NO3/c1-9(2)16-14(17)13-11-7-5-6-8-12(11)15(19-13)18-10(3)4/h5-10H,1-4H3,(H,16,17). The summed E-state index contributed by atoms with van der Waals surface area (Å²) in [6.45, 7) is 7.67. The number of fused-ring (bicyclic) bond motifs is 1. The number of benzene rings is 1. The van der Waals surface area contributed by atoms with Gasteiger partial charge in [0.1, 0.15) is 0 Å². The van der Waals surface area contributed by atoms with Crippen LogP contribution in [-0.4, -0.2) is 18.1 Å². The number of carbonyl (C=O) groups excluding carboxylic acids is 1. The number of hydrogen-bond acceptors (Lipinski definition) is 3. The van der Waals surface area contributed by atoms with Gasteiger partial charge in [0.15, 0.2) is 0 Å². The molecule has 1 amide bonds. The van der Waals surface area contributed by atoms with E-state index in [0.717, 1.165) is 10.8 Å². The predicted molar refractivity (Wildman–Crippen MR) is 74.6 cm³/mol. The first kappa shape index (κ1) is 13.5. The van der Waals surface area contributed by atoms with E-state index in [1.807, 2.05) is 52.0 Å². The summed E-state index contributed by atoms with van der Waals surface area (Å²) >= 11 is 0. The van der Waals surface area contributed by atoms with Crippen LogP contribution in [0.25, 0.3) is 10.8 Å². The number of hydrogen-bond donors (Lipinski definition) is 1. The Bertz CT molecular complexity index is 584. The summed E-state index contributed by atoms with van der Waals surface area (Å²) in [7, 11) is 0. The van der Waals surface area contributed by atoms with Crippen LogP contribution in [0.4, 0.5) is 0 Å². The van der Waals surface area contributed by atoms with Crippen LogP contribution < -0.4 is 10.1 Å². The molecule has 4 heteroatoms. The second kappa shape index (κ2) is 5.34. The zero-order valence-electron chi connectivity index (χ0n) is 11.7. The lowest BCUT2D eigenvalue weighted by molar-refractivity contribution is 0.0903. The first-order chi connectivity index (χ1) is 8.99. The Morgan fingerprint density at radius 2 is 1.79 bits per heavy atom. The van der Waals surface area contributed by atoms with E-state index in [1.165, 1.54) is 0 Å². The number of rotatable bonds is 4. The zero-order valence-corrected chi connectivity index (χ0v) is 11.7. The average molecular weight is 261 g/mol. The van der Waals surface area contributed by atoms with E-state index in [9.17, 15) is 4.79 Å². The molecule has 0 saturated carbocycles. The first-order valence-corrected chi connectivity index (χ1v) is 6.48. The van der Waals surface area contributed by atoms with Crippen molar-refractivity contribution in [1.82, 2.24) is 5.32 Å². The fourth-order valence-corrected chi connectivity index (χ4v) is 1.86. The Morgan fingerprint density at radius 1 is 1.16 bits per heavy atom. The number of nitrogens with one attached hydrogen (secondary N) is 1. The fourth-order valence-electron chi connectivity index (χ4n) is 1.86. The van der Waals surface area contributed by atoms with E-state index in [1.54, 1.807) is 0 Å². The highest BCUT2D eigenvalue weighted by atomic mass is 16.6. The number of amides is 1. The largest absolute Gasteiger partial charge is 0.462 e. The van der Waals surface area contributed by atoms with Crippen molar-refractivity contribution in [3.8, 4) is 5.95 Å². The molecule has 0 saturated heterocycles. The van der Waals surface area contributed by atoms with Gasteiger partial charge in [-0.15, -0.1) is 0 Å². The minimum absolute atomic E-state index is 0.00411. The van der Waals surface area contributed by atoms with Crippen molar-refractivity contribution in [3.63, 3.8) is 0 Å². The monoisotopic (exact) mass is 261 g/mol. The third kappa shape index (κ3) is 2.89. The normalized spacial score (nSPS) is 11.3. The Kier molecular flexibility index (Phi) is 3.79. The van der Waals surface area contributed by atoms with Gasteiger partial charge in [0, 0.05) is 11.4 Å². The SMILES string of the molecule is CC(C)NC(=O)c1oc(OC(C)C)c2ccccc12. The van der Waals surface area contributed by atoms with Gasteiger partial charge in [0.05, 0.1) is 11.5 Å². The smallest absolute Gasteiger partial charge is 0.293 e. The molecule has 2 rings (SSSR count). The quantitative estimate of drug-likeness (QED) is 0.918. The van der Waals surface area contributed by atoms with E-state index >= 15 is 0 Å². The van der Waals surface area contributed by atoms with Crippen molar-refractivity contribution in [3.05, 3.63) is 30.0 Å². The van der Waals surface area contributed by atoms with Gasteiger partial charge in [-0.25, -0.2) is 0 Å². The van der Waals surface area contributed by atoms with Gasteiger partial charge < -0.3 is 14.5 Å². The molecule has 0 spiro atoms. The lowest BCUT2D eigenvalue weighted by Crippen LogP contribution is -2.29. The average Bonchev–Trinajstić information content (AvgIpc) is 2.67. The summed E-state index contributed by atoms with van der Waals surface area (Å²) in [6, 6.07) is 7.59. The van der Waals surface area contributed by atoms with Gasteiger partial charge in [-0.1, -0.05) is 18.2 Å². The third-order valence-electron chi connectivity index (χ3n) is 2.56. The van der Waals surface area contributed by atoms with Crippen LogP contribution in [0.2, 0.25) is 0 Å². The van der Waals surface area contributed by atoms with Gasteiger partial charge in [0.25, 0.3) is 11.9 Å². The molecule has 0 unspecified atom stereocenters. The van der Waals surface area contributed by atoms with Gasteiger partial charge >= 0.3 is 0 Å². The molecule has 0 bridgehead atoms. The van der Waals surface area contributed by atoms with Crippen LogP contribution in [-0.2, 0) is 0 Å². The molecule has 0 aliphatic carbocycles. The highest BCUT2D eigenvalue weighted by Crippen LogP contribution is 2.32. The van der Waals surface area contributed by atoms with E-state index in [0.29, 0.717) is 11.7 Å². The molecule has 1 aromatic carbocycles. The van der Waals surface area contributed by atoms with Crippen molar-refractivity contribution >= 4 is 16.7 Å². The molecular weight excluding hydrogens is 242 g/mol. The topological polar surface area (TPSA) is 51.5 Å². The van der Waals surface area contributed by atoms with E-state index in [4.69, 9.17) is 9.15 Å². The number of furan rings is 1. The molecule has 4 nitrogen and oxygen atoms in total. The minimum atomic E-state index is -0.218. The Balaban J connectivity index is 2.46. The third-order valence-corrected chi connectivity index (χ3v) is 2.56. The maximum absolute atomic E-state index is 12.1. The van der Waals surface area contributed by atoms with Crippen molar-refractivity contribution in [2.45, 2.75) is 39.8 Å². The van der Waals surface area contributed by atoms with Crippen molar-refractivity contribution in [1.29, 1.82) is 0 Å². The van der Waals surface area contributed by atoms with E-state index < -0.39 is 0 Å². The summed E-state index contributed by atoms with van der Waals surface area (Å²) in [5.41, 5.74) is 0. The first-order valence-electron chi connectivity index (χ1n) is 6.48. The van der Waals surface area contributed by atoms with Gasteiger partial charge in [-0.3, -0.25) is 4.79 Å². The van der Waals surface area contributed by atoms with Crippen LogP contribution in [0.15, 0.2) is 28.7 Å². The Labute approximate surface area is 112 Å². The lowest BCUT2D eigenvalue weighted by atomic mass is 10.1. The summed E-state index contributed by atoms with van der Waals surface area (Å²) < 4.78 is 11.2. The molecule has 0 aliphatic heterocycles. The highest BCUT2D eigenvalue weighted by Gasteiger charge is 2.20. The summed E-state index contributed by atoms with van der Waals surface area (Å²) in [5.74, 6) is 0.490. The maximum atomic E-state index is 12.1. The van der Waals surface area contributed by atoms with E-state index in [2.05, 4.69) is 5.32 Å². The van der Waals surface area contributed by atoms with E-state index in [-0.39, 0.29) is 18.1 Å².